The van der Waals surface area contributed by atoms with Gasteiger partial charge in [0.05, 0.1) is 0 Å². The Morgan fingerprint density at radius 2 is 1.92 bits per heavy atom. The second-order valence-corrected chi connectivity index (χ2v) is 8.04. The quantitative estimate of drug-likeness (QED) is 0.635. The molecular weight excluding hydrogens is 353 g/mol. The summed E-state index contributed by atoms with van der Waals surface area (Å²) < 4.78 is 20.0. The highest BCUT2D eigenvalue weighted by Gasteiger charge is 2.29. The highest BCUT2D eigenvalue weighted by atomic mass is 35.5. The molecule has 1 heterocycles. The Morgan fingerprint density at radius 3 is 2.58 bits per heavy atom. The minimum absolute atomic E-state index is 0.274. The van der Waals surface area contributed by atoms with E-state index < -0.39 is 5.60 Å². The van der Waals surface area contributed by atoms with Crippen LogP contribution in [0, 0.1) is 12.7 Å². The van der Waals surface area contributed by atoms with Crippen molar-refractivity contribution in [3.8, 4) is 11.1 Å². The number of hydrogen-bond acceptors (Lipinski definition) is 2. The van der Waals surface area contributed by atoms with Gasteiger partial charge in [-0.15, -0.1) is 0 Å². The van der Waals surface area contributed by atoms with Gasteiger partial charge in [0.2, 0.25) is 0 Å². The van der Waals surface area contributed by atoms with Gasteiger partial charge in [-0.1, -0.05) is 29.8 Å². The zero-order valence-electron chi connectivity index (χ0n) is 15.5. The van der Waals surface area contributed by atoms with Crippen molar-refractivity contribution in [1.29, 1.82) is 0 Å². The molecule has 0 aliphatic carbocycles. The van der Waals surface area contributed by atoms with Gasteiger partial charge in [-0.2, -0.15) is 0 Å². The molecule has 0 saturated heterocycles. The lowest BCUT2D eigenvalue weighted by Crippen LogP contribution is -2.40. The third-order valence-electron chi connectivity index (χ3n) is 4.50. The van der Waals surface area contributed by atoms with Gasteiger partial charge in [-0.3, -0.25) is 0 Å². The number of aryl methyl sites for hydroxylation is 1. The SMILES string of the molecule is Cc1cccc(F)c1-c1ccc(Cl)c2c1CN(C(=O)OC(C)(C)C)CC2. The summed E-state index contributed by atoms with van der Waals surface area (Å²) in [6.07, 6.45) is 0.258. The molecule has 0 fully saturated rings. The van der Waals surface area contributed by atoms with Crippen LogP contribution < -0.4 is 0 Å². The van der Waals surface area contributed by atoms with Crippen molar-refractivity contribution in [3.63, 3.8) is 0 Å². The summed E-state index contributed by atoms with van der Waals surface area (Å²) in [5.41, 5.74) is 3.51. The van der Waals surface area contributed by atoms with Crippen LogP contribution in [-0.4, -0.2) is 23.1 Å². The Kier molecular flexibility index (Phi) is 4.98. The number of ether oxygens (including phenoxy) is 1. The lowest BCUT2D eigenvalue weighted by Gasteiger charge is -2.33. The van der Waals surface area contributed by atoms with Crippen molar-refractivity contribution in [3.05, 3.63) is 57.9 Å². The van der Waals surface area contributed by atoms with E-state index in [1.165, 1.54) is 6.07 Å². The van der Waals surface area contributed by atoms with Gasteiger partial charge in [0.15, 0.2) is 0 Å². The smallest absolute Gasteiger partial charge is 0.410 e. The highest BCUT2D eigenvalue weighted by Crippen LogP contribution is 2.37. The van der Waals surface area contributed by atoms with Gasteiger partial charge in [-0.25, -0.2) is 9.18 Å². The highest BCUT2D eigenvalue weighted by molar-refractivity contribution is 6.31. The van der Waals surface area contributed by atoms with Crippen LogP contribution in [0.2, 0.25) is 5.02 Å². The Hall–Kier alpha value is -2.07. The molecule has 0 bridgehead atoms. The van der Waals surface area contributed by atoms with Crippen molar-refractivity contribution < 1.29 is 13.9 Å². The van der Waals surface area contributed by atoms with Gasteiger partial charge in [0.1, 0.15) is 11.4 Å². The Bertz CT molecular complexity index is 838. The van der Waals surface area contributed by atoms with Crippen LogP contribution in [-0.2, 0) is 17.7 Å². The zero-order valence-corrected chi connectivity index (χ0v) is 16.3. The lowest BCUT2D eigenvalue weighted by molar-refractivity contribution is 0.0224. The third-order valence-corrected chi connectivity index (χ3v) is 4.85. The van der Waals surface area contributed by atoms with Crippen LogP contribution in [0.3, 0.4) is 0 Å². The van der Waals surface area contributed by atoms with E-state index in [1.54, 1.807) is 11.0 Å². The fourth-order valence-electron chi connectivity index (χ4n) is 3.32. The van der Waals surface area contributed by atoms with Gasteiger partial charge < -0.3 is 9.64 Å². The first-order chi connectivity index (χ1) is 12.2. The number of fused-ring (bicyclic) bond motifs is 1. The Balaban J connectivity index is 2.04. The molecule has 1 aliphatic heterocycles. The van der Waals surface area contributed by atoms with E-state index in [0.717, 1.165) is 22.3 Å². The first kappa shape index (κ1) is 18.7. The summed E-state index contributed by atoms with van der Waals surface area (Å²) in [6, 6.07) is 8.69. The second kappa shape index (κ2) is 6.92. The Labute approximate surface area is 158 Å². The summed E-state index contributed by atoms with van der Waals surface area (Å²) in [4.78, 5) is 14.1. The molecule has 1 amide bonds. The molecule has 0 spiro atoms. The van der Waals surface area contributed by atoms with E-state index >= 15 is 0 Å². The van der Waals surface area contributed by atoms with Gasteiger partial charge in [0.25, 0.3) is 0 Å². The van der Waals surface area contributed by atoms with Crippen molar-refractivity contribution in [2.24, 2.45) is 0 Å². The molecule has 0 atom stereocenters. The average molecular weight is 376 g/mol. The monoisotopic (exact) mass is 375 g/mol. The van der Waals surface area contributed by atoms with Crippen LogP contribution >= 0.6 is 11.6 Å². The molecule has 2 aromatic rings. The summed E-state index contributed by atoms with van der Waals surface area (Å²) >= 11 is 6.39. The molecule has 0 N–H and O–H groups in total. The molecule has 0 saturated carbocycles. The molecule has 138 valence electrons. The van der Waals surface area contributed by atoms with E-state index in [2.05, 4.69) is 0 Å². The molecule has 26 heavy (non-hydrogen) atoms. The van der Waals surface area contributed by atoms with Crippen molar-refractivity contribution in [2.75, 3.05) is 6.54 Å². The normalized spacial score (nSPS) is 14.2. The van der Waals surface area contributed by atoms with Gasteiger partial charge in [0, 0.05) is 23.7 Å². The summed E-state index contributed by atoms with van der Waals surface area (Å²) in [5.74, 6) is -0.274. The predicted octanol–water partition coefficient (Wildman–Crippen LogP) is 5.75. The number of rotatable bonds is 1. The van der Waals surface area contributed by atoms with E-state index in [9.17, 15) is 9.18 Å². The van der Waals surface area contributed by atoms with Crippen molar-refractivity contribution >= 4 is 17.7 Å². The molecule has 2 aromatic carbocycles. The standard InChI is InChI=1S/C21H23ClFNO2/c1-13-6-5-7-18(23)19(13)15-8-9-17(22)14-10-11-24(12-16(14)15)20(25)26-21(2,3)4/h5-9H,10-12H2,1-4H3. The number of amides is 1. The summed E-state index contributed by atoms with van der Waals surface area (Å²) in [6.45, 7) is 8.29. The van der Waals surface area contributed by atoms with Gasteiger partial charge >= 0.3 is 6.09 Å². The summed E-state index contributed by atoms with van der Waals surface area (Å²) in [7, 11) is 0. The first-order valence-corrected chi connectivity index (χ1v) is 9.09. The molecule has 0 aromatic heterocycles. The number of carbonyl (C=O) groups excluding carboxylic acids is 1. The molecule has 5 heteroatoms. The molecular formula is C21H23ClFNO2. The predicted molar refractivity (Wildman–Crippen MR) is 102 cm³/mol. The number of halogens is 2. The van der Waals surface area contributed by atoms with E-state index in [-0.39, 0.29) is 11.9 Å². The maximum absolute atomic E-state index is 14.5. The minimum atomic E-state index is -0.559. The lowest BCUT2D eigenvalue weighted by atomic mass is 9.89. The third kappa shape index (κ3) is 3.70. The van der Waals surface area contributed by atoms with Crippen LogP contribution in [0.1, 0.15) is 37.5 Å². The maximum atomic E-state index is 14.5. The van der Waals surface area contributed by atoms with E-state index in [0.29, 0.717) is 30.1 Å². The number of carbonyl (C=O) groups is 1. The second-order valence-electron chi connectivity index (χ2n) is 7.64. The maximum Gasteiger partial charge on any atom is 0.410 e. The van der Waals surface area contributed by atoms with Gasteiger partial charge in [-0.05, 0) is 68.5 Å². The first-order valence-electron chi connectivity index (χ1n) is 8.71. The minimum Gasteiger partial charge on any atom is -0.444 e. The summed E-state index contributed by atoms with van der Waals surface area (Å²) in [5, 5.41) is 0.654. The van der Waals surface area contributed by atoms with E-state index in [4.69, 9.17) is 16.3 Å². The van der Waals surface area contributed by atoms with Crippen molar-refractivity contribution in [1.82, 2.24) is 4.90 Å². The van der Waals surface area contributed by atoms with Crippen molar-refractivity contribution in [2.45, 2.75) is 46.3 Å². The average Bonchev–Trinajstić information content (AvgIpc) is 2.55. The fourth-order valence-corrected chi connectivity index (χ4v) is 3.59. The van der Waals surface area contributed by atoms with Crippen LogP contribution in [0.5, 0.6) is 0 Å². The number of nitrogens with zero attached hydrogens (tertiary/aromatic N) is 1. The molecule has 0 unspecified atom stereocenters. The number of benzene rings is 2. The van der Waals surface area contributed by atoms with Crippen LogP contribution in [0.15, 0.2) is 30.3 Å². The van der Waals surface area contributed by atoms with Crippen LogP contribution in [0.25, 0.3) is 11.1 Å². The zero-order chi connectivity index (χ0) is 19.1. The fraction of sp³-hybridized carbons (Fsp3) is 0.381. The van der Waals surface area contributed by atoms with Crippen LogP contribution in [0.4, 0.5) is 9.18 Å². The molecule has 1 aliphatic rings. The molecule has 3 rings (SSSR count). The topological polar surface area (TPSA) is 29.5 Å². The largest absolute Gasteiger partial charge is 0.444 e. The Morgan fingerprint density at radius 1 is 1.19 bits per heavy atom. The van der Waals surface area contributed by atoms with E-state index in [1.807, 2.05) is 45.9 Å². The number of hydrogen-bond donors (Lipinski definition) is 0. The molecule has 0 radical (unpaired) electrons. The molecule has 3 nitrogen and oxygen atoms in total.